The van der Waals surface area contributed by atoms with Gasteiger partial charge in [-0.15, -0.1) is 0 Å². The Morgan fingerprint density at radius 2 is 2.04 bits per heavy atom. The average Bonchev–Trinajstić information content (AvgIpc) is 2.95. The van der Waals surface area contributed by atoms with E-state index < -0.39 is 0 Å². The van der Waals surface area contributed by atoms with Gasteiger partial charge in [-0.05, 0) is 25.1 Å². The second-order valence-electron chi connectivity index (χ2n) is 6.46. The van der Waals surface area contributed by atoms with E-state index >= 15 is 0 Å². The highest BCUT2D eigenvalue weighted by Gasteiger charge is 2.12. The number of nitrogens with one attached hydrogen (secondary N) is 1. The number of hydrogen-bond donors (Lipinski definition) is 2. The SMILES string of the molecule is CC(C)CN(C)c1ccc(-c2n[nH]cc2CN(C)CCN)cn1. The van der Waals surface area contributed by atoms with Gasteiger partial charge in [-0.25, -0.2) is 4.98 Å². The molecule has 0 spiro atoms. The Labute approximate surface area is 138 Å². The van der Waals surface area contributed by atoms with Gasteiger partial charge >= 0.3 is 0 Å². The summed E-state index contributed by atoms with van der Waals surface area (Å²) in [6.45, 7) is 7.74. The minimum Gasteiger partial charge on any atom is -0.359 e. The highest BCUT2D eigenvalue weighted by atomic mass is 15.2. The van der Waals surface area contributed by atoms with Gasteiger partial charge < -0.3 is 15.5 Å². The molecular weight excluding hydrogens is 288 g/mol. The fourth-order valence-electron chi connectivity index (χ4n) is 2.67. The third-order valence-electron chi connectivity index (χ3n) is 3.72. The molecule has 2 heterocycles. The molecule has 2 rings (SSSR count). The van der Waals surface area contributed by atoms with E-state index in [4.69, 9.17) is 5.73 Å². The lowest BCUT2D eigenvalue weighted by Crippen LogP contribution is -2.25. The standard InChI is InChI=1S/C17H28N6/c1-13(2)11-23(4)16-6-5-14(9-19-16)17-15(10-20-21-17)12-22(3)8-7-18/h5-6,9-10,13H,7-8,11-12,18H2,1-4H3,(H,20,21). The maximum absolute atomic E-state index is 5.61. The lowest BCUT2D eigenvalue weighted by atomic mass is 10.1. The second-order valence-corrected chi connectivity index (χ2v) is 6.46. The molecule has 0 aliphatic rings. The van der Waals surface area contributed by atoms with Gasteiger partial charge in [0.1, 0.15) is 5.82 Å². The minimum atomic E-state index is 0.609. The molecule has 2 aromatic heterocycles. The summed E-state index contributed by atoms with van der Waals surface area (Å²) >= 11 is 0. The smallest absolute Gasteiger partial charge is 0.128 e. The number of nitrogens with two attached hydrogens (primary N) is 1. The van der Waals surface area contributed by atoms with Gasteiger partial charge in [-0.3, -0.25) is 5.10 Å². The normalized spacial score (nSPS) is 11.4. The number of nitrogens with zero attached hydrogens (tertiary/aromatic N) is 4. The van der Waals surface area contributed by atoms with E-state index in [9.17, 15) is 0 Å². The molecule has 0 radical (unpaired) electrons. The molecule has 6 nitrogen and oxygen atoms in total. The lowest BCUT2D eigenvalue weighted by molar-refractivity contribution is 0.337. The van der Waals surface area contributed by atoms with Crippen molar-refractivity contribution >= 4 is 5.82 Å². The van der Waals surface area contributed by atoms with Crippen LogP contribution >= 0.6 is 0 Å². The molecule has 0 aliphatic carbocycles. The van der Waals surface area contributed by atoms with E-state index in [0.29, 0.717) is 12.5 Å². The number of aromatic nitrogens is 3. The summed E-state index contributed by atoms with van der Waals surface area (Å²) in [6, 6.07) is 4.14. The number of aromatic amines is 1. The predicted octanol–water partition coefficient (Wildman–Crippen LogP) is 1.95. The third kappa shape index (κ3) is 4.77. The zero-order valence-corrected chi connectivity index (χ0v) is 14.6. The minimum absolute atomic E-state index is 0.609. The van der Waals surface area contributed by atoms with Gasteiger partial charge in [0, 0.05) is 56.7 Å². The Hall–Kier alpha value is -1.92. The summed E-state index contributed by atoms with van der Waals surface area (Å²) in [5, 5.41) is 7.35. The first-order chi connectivity index (χ1) is 11.0. The van der Waals surface area contributed by atoms with E-state index in [-0.39, 0.29) is 0 Å². The van der Waals surface area contributed by atoms with Gasteiger partial charge in [0.05, 0.1) is 5.69 Å². The molecule has 3 N–H and O–H groups in total. The Balaban J connectivity index is 2.12. The zero-order valence-electron chi connectivity index (χ0n) is 14.6. The van der Waals surface area contributed by atoms with Gasteiger partial charge in [-0.1, -0.05) is 13.8 Å². The van der Waals surface area contributed by atoms with E-state index in [0.717, 1.165) is 42.3 Å². The van der Waals surface area contributed by atoms with Gasteiger partial charge in [0.2, 0.25) is 0 Å². The van der Waals surface area contributed by atoms with Crippen LogP contribution in [-0.2, 0) is 6.54 Å². The molecule has 23 heavy (non-hydrogen) atoms. The Morgan fingerprint density at radius 3 is 2.65 bits per heavy atom. The molecule has 0 bridgehead atoms. The maximum atomic E-state index is 5.61. The monoisotopic (exact) mass is 316 g/mol. The number of anilines is 1. The van der Waals surface area contributed by atoms with Crippen LogP contribution < -0.4 is 10.6 Å². The molecule has 0 unspecified atom stereocenters. The molecule has 2 aromatic rings. The first-order valence-electron chi connectivity index (χ1n) is 8.10. The molecule has 0 fully saturated rings. The van der Waals surface area contributed by atoms with E-state index in [1.807, 2.05) is 12.4 Å². The predicted molar refractivity (Wildman–Crippen MR) is 95.3 cm³/mol. The third-order valence-corrected chi connectivity index (χ3v) is 3.72. The van der Waals surface area contributed by atoms with Crippen molar-refractivity contribution in [3.05, 3.63) is 30.1 Å². The summed E-state index contributed by atoms with van der Waals surface area (Å²) in [5.74, 6) is 1.59. The number of likely N-dealkylation sites (N-methyl/N-ethyl adjacent to an activating group) is 1. The van der Waals surface area contributed by atoms with Crippen molar-refractivity contribution in [3.8, 4) is 11.3 Å². The summed E-state index contributed by atoms with van der Waals surface area (Å²) in [7, 11) is 4.13. The van der Waals surface area contributed by atoms with E-state index in [1.165, 1.54) is 0 Å². The molecule has 0 aromatic carbocycles. The molecule has 0 atom stereocenters. The maximum Gasteiger partial charge on any atom is 0.128 e. The van der Waals surface area contributed by atoms with Gasteiger partial charge in [0.25, 0.3) is 0 Å². The molecule has 0 aliphatic heterocycles. The van der Waals surface area contributed by atoms with Crippen molar-refractivity contribution in [1.82, 2.24) is 20.1 Å². The van der Waals surface area contributed by atoms with Crippen molar-refractivity contribution in [1.29, 1.82) is 0 Å². The van der Waals surface area contributed by atoms with Crippen molar-refractivity contribution < 1.29 is 0 Å². The number of H-pyrrole nitrogens is 1. The molecule has 0 saturated carbocycles. The summed E-state index contributed by atoms with van der Waals surface area (Å²) in [4.78, 5) is 8.95. The van der Waals surface area contributed by atoms with Crippen molar-refractivity contribution in [2.24, 2.45) is 11.7 Å². The Bertz CT molecular complexity index is 589. The summed E-state index contributed by atoms with van der Waals surface area (Å²) in [5.41, 5.74) is 8.75. The fourth-order valence-corrected chi connectivity index (χ4v) is 2.67. The van der Waals surface area contributed by atoms with E-state index in [2.05, 4.69) is 65.1 Å². The second kappa shape index (κ2) is 8.08. The van der Waals surface area contributed by atoms with Crippen molar-refractivity contribution in [2.75, 3.05) is 38.6 Å². The van der Waals surface area contributed by atoms with Gasteiger partial charge in [-0.2, -0.15) is 5.10 Å². The lowest BCUT2D eigenvalue weighted by Gasteiger charge is -2.20. The zero-order chi connectivity index (χ0) is 16.8. The molecule has 0 saturated heterocycles. The van der Waals surface area contributed by atoms with Gasteiger partial charge in [0.15, 0.2) is 0 Å². The first kappa shape index (κ1) is 17.4. The van der Waals surface area contributed by atoms with Crippen LogP contribution in [0.1, 0.15) is 19.4 Å². The largest absolute Gasteiger partial charge is 0.359 e. The molecule has 126 valence electrons. The fraction of sp³-hybridized carbons (Fsp3) is 0.529. The van der Waals surface area contributed by atoms with Crippen LogP contribution in [0.25, 0.3) is 11.3 Å². The van der Waals surface area contributed by atoms with Crippen LogP contribution in [0, 0.1) is 5.92 Å². The van der Waals surface area contributed by atoms with Crippen LogP contribution in [0.5, 0.6) is 0 Å². The summed E-state index contributed by atoms with van der Waals surface area (Å²) < 4.78 is 0. The quantitative estimate of drug-likeness (QED) is 0.779. The number of rotatable bonds is 8. The van der Waals surface area contributed by atoms with Crippen LogP contribution in [0.3, 0.4) is 0 Å². The average molecular weight is 316 g/mol. The van der Waals surface area contributed by atoms with Crippen LogP contribution in [0.2, 0.25) is 0 Å². The summed E-state index contributed by atoms with van der Waals surface area (Å²) in [6.07, 6.45) is 3.84. The van der Waals surface area contributed by atoms with Crippen molar-refractivity contribution in [3.63, 3.8) is 0 Å². The van der Waals surface area contributed by atoms with E-state index in [1.54, 1.807) is 0 Å². The molecule has 6 heteroatoms. The van der Waals surface area contributed by atoms with Crippen molar-refractivity contribution in [2.45, 2.75) is 20.4 Å². The number of pyridine rings is 1. The molecular formula is C17H28N6. The van der Waals surface area contributed by atoms with Crippen LogP contribution in [0.4, 0.5) is 5.82 Å². The Morgan fingerprint density at radius 1 is 1.26 bits per heavy atom. The number of hydrogen-bond acceptors (Lipinski definition) is 5. The van der Waals surface area contributed by atoms with Crippen LogP contribution in [0.15, 0.2) is 24.5 Å². The Kier molecular flexibility index (Phi) is 6.12. The highest BCUT2D eigenvalue weighted by molar-refractivity contribution is 5.63. The topological polar surface area (TPSA) is 74.1 Å². The van der Waals surface area contributed by atoms with Crippen LogP contribution in [-0.4, -0.2) is 53.8 Å². The first-order valence-corrected chi connectivity index (χ1v) is 8.10. The molecule has 0 amide bonds. The highest BCUT2D eigenvalue weighted by Crippen LogP contribution is 2.23.